The van der Waals surface area contributed by atoms with Gasteiger partial charge in [0.1, 0.15) is 0 Å². The second-order valence-corrected chi connectivity index (χ2v) is 5.18. The van der Waals surface area contributed by atoms with Crippen LogP contribution in [0.5, 0.6) is 0 Å². The minimum absolute atomic E-state index is 0.0834. The Balaban J connectivity index is 1.96. The number of carboxylic acids is 1. The number of anilines is 1. The third-order valence-electron chi connectivity index (χ3n) is 2.67. The summed E-state index contributed by atoms with van der Waals surface area (Å²) in [6.07, 6.45) is 3.45. The lowest BCUT2D eigenvalue weighted by Crippen LogP contribution is -2.28. The molecule has 1 aromatic heterocycles. The van der Waals surface area contributed by atoms with Gasteiger partial charge < -0.3 is 15.7 Å². The third kappa shape index (κ3) is 4.06. The Kier molecular flexibility index (Phi) is 4.59. The van der Waals surface area contributed by atoms with Gasteiger partial charge in [0, 0.05) is 35.5 Å². The zero-order chi connectivity index (χ0) is 15.4. The van der Waals surface area contributed by atoms with Crippen LogP contribution in [-0.2, 0) is 13.6 Å². The van der Waals surface area contributed by atoms with Crippen LogP contribution in [0.2, 0.25) is 0 Å². The SMILES string of the molecule is Cn1cc(CNC(=O)Nc2ccc(Br)c(C(=O)O)c2)cn1. The molecule has 0 radical (unpaired) electrons. The van der Waals surface area contributed by atoms with Gasteiger partial charge in [-0.25, -0.2) is 9.59 Å². The van der Waals surface area contributed by atoms with Crippen LogP contribution in [0.15, 0.2) is 35.1 Å². The first-order chi connectivity index (χ1) is 9.95. The Morgan fingerprint density at radius 2 is 2.19 bits per heavy atom. The van der Waals surface area contributed by atoms with Crippen molar-refractivity contribution in [2.45, 2.75) is 6.54 Å². The quantitative estimate of drug-likeness (QED) is 0.785. The molecule has 0 bridgehead atoms. The summed E-state index contributed by atoms with van der Waals surface area (Å²) in [5.74, 6) is -1.07. The summed E-state index contributed by atoms with van der Waals surface area (Å²) >= 11 is 3.14. The lowest BCUT2D eigenvalue weighted by atomic mass is 10.2. The van der Waals surface area contributed by atoms with Gasteiger partial charge in [-0.3, -0.25) is 4.68 Å². The molecule has 0 aliphatic rings. The van der Waals surface area contributed by atoms with Crippen molar-refractivity contribution in [1.29, 1.82) is 0 Å². The molecule has 1 aromatic carbocycles. The summed E-state index contributed by atoms with van der Waals surface area (Å²) in [5, 5.41) is 18.2. The molecular weight excluding hydrogens is 340 g/mol. The van der Waals surface area contributed by atoms with E-state index < -0.39 is 12.0 Å². The van der Waals surface area contributed by atoms with Gasteiger partial charge in [-0.1, -0.05) is 0 Å². The second kappa shape index (κ2) is 6.40. The fourth-order valence-electron chi connectivity index (χ4n) is 1.69. The fraction of sp³-hybridized carbons (Fsp3) is 0.154. The Morgan fingerprint density at radius 1 is 1.43 bits per heavy atom. The van der Waals surface area contributed by atoms with Crippen LogP contribution in [0.3, 0.4) is 0 Å². The van der Waals surface area contributed by atoms with Crippen LogP contribution in [0.25, 0.3) is 0 Å². The summed E-state index contributed by atoms with van der Waals surface area (Å²) in [6, 6.07) is 4.15. The van der Waals surface area contributed by atoms with Gasteiger partial charge in [0.2, 0.25) is 0 Å². The molecule has 8 heteroatoms. The van der Waals surface area contributed by atoms with Gasteiger partial charge in [0.25, 0.3) is 0 Å². The van der Waals surface area contributed by atoms with Crippen molar-refractivity contribution in [2.24, 2.45) is 7.05 Å². The molecule has 2 aromatic rings. The lowest BCUT2D eigenvalue weighted by molar-refractivity contribution is 0.0696. The van der Waals surface area contributed by atoms with E-state index in [4.69, 9.17) is 5.11 Å². The standard InChI is InChI=1S/C13H13BrN4O3/c1-18-7-8(6-16-18)5-15-13(21)17-9-2-3-11(14)10(4-9)12(19)20/h2-4,6-7H,5H2,1H3,(H,19,20)(H2,15,17,21). The number of nitrogens with zero attached hydrogens (tertiary/aromatic N) is 2. The number of carboxylic acid groups (broad SMARTS) is 1. The maximum absolute atomic E-state index is 11.8. The first-order valence-electron chi connectivity index (χ1n) is 6.01. The highest BCUT2D eigenvalue weighted by atomic mass is 79.9. The highest BCUT2D eigenvalue weighted by Crippen LogP contribution is 2.21. The Hall–Kier alpha value is -2.35. The summed E-state index contributed by atoms with van der Waals surface area (Å²) in [5.41, 5.74) is 1.36. The van der Waals surface area contributed by atoms with Crippen LogP contribution < -0.4 is 10.6 Å². The molecule has 0 saturated carbocycles. The highest BCUT2D eigenvalue weighted by molar-refractivity contribution is 9.10. The molecule has 110 valence electrons. The molecular formula is C13H13BrN4O3. The molecule has 0 aliphatic heterocycles. The highest BCUT2D eigenvalue weighted by Gasteiger charge is 2.10. The van der Waals surface area contributed by atoms with E-state index in [1.807, 2.05) is 0 Å². The molecule has 0 saturated heterocycles. The zero-order valence-electron chi connectivity index (χ0n) is 11.1. The number of aromatic carboxylic acids is 1. The van der Waals surface area contributed by atoms with Crippen LogP contribution in [0.1, 0.15) is 15.9 Å². The van der Waals surface area contributed by atoms with E-state index in [1.165, 1.54) is 6.07 Å². The lowest BCUT2D eigenvalue weighted by Gasteiger charge is -2.08. The van der Waals surface area contributed by atoms with Gasteiger partial charge in [0.05, 0.1) is 11.8 Å². The van der Waals surface area contributed by atoms with E-state index in [2.05, 4.69) is 31.7 Å². The number of hydrogen-bond acceptors (Lipinski definition) is 3. The number of halogens is 1. The average Bonchev–Trinajstić information content (AvgIpc) is 2.84. The average molecular weight is 353 g/mol. The summed E-state index contributed by atoms with van der Waals surface area (Å²) in [4.78, 5) is 22.8. The first kappa shape index (κ1) is 15.0. The first-order valence-corrected chi connectivity index (χ1v) is 6.80. The smallest absolute Gasteiger partial charge is 0.336 e. The van der Waals surface area contributed by atoms with Crippen LogP contribution in [0, 0.1) is 0 Å². The van der Waals surface area contributed by atoms with Gasteiger partial charge in [-0.05, 0) is 34.1 Å². The molecule has 1 heterocycles. The summed E-state index contributed by atoms with van der Waals surface area (Å²) in [6.45, 7) is 0.335. The number of amides is 2. The third-order valence-corrected chi connectivity index (χ3v) is 3.36. The Labute approximate surface area is 129 Å². The number of aromatic nitrogens is 2. The van der Waals surface area contributed by atoms with E-state index in [-0.39, 0.29) is 5.56 Å². The molecule has 2 amide bonds. The largest absolute Gasteiger partial charge is 0.478 e. The normalized spacial score (nSPS) is 10.2. The number of hydrogen-bond donors (Lipinski definition) is 3. The maximum atomic E-state index is 11.8. The number of aryl methyl sites for hydroxylation is 1. The van der Waals surface area contributed by atoms with Crippen molar-refractivity contribution in [3.63, 3.8) is 0 Å². The Morgan fingerprint density at radius 3 is 2.81 bits per heavy atom. The topological polar surface area (TPSA) is 96.2 Å². The molecule has 0 fully saturated rings. The van der Waals surface area contributed by atoms with Crippen molar-refractivity contribution in [3.8, 4) is 0 Å². The molecule has 0 atom stereocenters. The molecule has 7 nitrogen and oxygen atoms in total. The van der Waals surface area contributed by atoms with Crippen LogP contribution in [-0.4, -0.2) is 26.9 Å². The van der Waals surface area contributed by atoms with Crippen LogP contribution in [0.4, 0.5) is 10.5 Å². The number of carbonyl (C=O) groups excluding carboxylic acids is 1. The van der Waals surface area contributed by atoms with Crippen molar-refractivity contribution < 1.29 is 14.7 Å². The molecule has 21 heavy (non-hydrogen) atoms. The van der Waals surface area contributed by atoms with Gasteiger partial charge in [-0.2, -0.15) is 5.10 Å². The van der Waals surface area contributed by atoms with E-state index >= 15 is 0 Å². The second-order valence-electron chi connectivity index (χ2n) is 4.33. The van der Waals surface area contributed by atoms with Crippen molar-refractivity contribution >= 4 is 33.6 Å². The monoisotopic (exact) mass is 352 g/mol. The van der Waals surface area contributed by atoms with Crippen molar-refractivity contribution in [3.05, 3.63) is 46.2 Å². The van der Waals surface area contributed by atoms with E-state index in [9.17, 15) is 9.59 Å². The fourth-order valence-corrected chi connectivity index (χ4v) is 2.10. The van der Waals surface area contributed by atoms with Crippen molar-refractivity contribution in [2.75, 3.05) is 5.32 Å². The van der Waals surface area contributed by atoms with Crippen LogP contribution >= 0.6 is 15.9 Å². The number of nitrogens with one attached hydrogen (secondary N) is 2. The molecule has 0 unspecified atom stereocenters. The van der Waals surface area contributed by atoms with Crippen molar-refractivity contribution in [1.82, 2.24) is 15.1 Å². The van der Waals surface area contributed by atoms with Gasteiger partial charge in [-0.15, -0.1) is 0 Å². The molecule has 0 spiro atoms. The number of urea groups is 1. The minimum Gasteiger partial charge on any atom is -0.478 e. The molecule has 3 N–H and O–H groups in total. The zero-order valence-corrected chi connectivity index (χ0v) is 12.7. The Bertz CT molecular complexity index is 684. The summed E-state index contributed by atoms with van der Waals surface area (Å²) < 4.78 is 2.10. The maximum Gasteiger partial charge on any atom is 0.336 e. The van der Waals surface area contributed by atoms with Gasteiger partial charge in [0.15, 0.2) is 0 Å². The number of rotatable bonds is 4. The van der Waals surface area contributed by atoms with E-state index in [0.717, 1.165) is 5.56 Å². The minimum atomic E-state index is -1.07. The number of carbonyl (C=O) groups is 2. The predicted octanol–water partition coefficient (Wildman–Crippen LogP) is 2.20. The number of benzene rings is 1. The summed E-state index contributed by atoms with van der Waals surface area (Å²) in [7, 11) is 1.79. The predicted molar refractivity (Wildman–Crippen MR) is 80.2 cm³/mol. The van der Waals surface area contributed by atoms with Gasteiger partial charge >= 0.3 is 12.0 Å². The molecule has 0 aliphatic carbocycles. The van der Waals surface area contributed by atoms with E-state index in [1.54, 1.807) is 36.3 Å². The van der Waals surface area contributed by atoms with E-state index in [0.29, 0.717) is 16.7 Å². The molecule has 2 rings (SSSR count).